The smallest absolute Gasteiger partial charge is 0.277 e. The van der Waals surface area contributed by atoms with E-state index in [-0.39, 0.29) is 12.5 Å². The van der Waals surface area contributed by atoms with E-state index in [1.54, 1.807) is 42.5 Å². The molecule has 0 aromatic heterocycles. The Balaban J connectivity index is 1.81. The lowest BCUT2D eigenvalue weighted by Gasteiger charge is -2.06. The van der Waals surface area contributed by atoms with Crippen molar-refractivity contribution in [3.05, 3.63) is 64.1 Å². The number of nitrogens with one attached hydrogen (secondary N) is 1. The largest absolute Gasteiger partial charge is 0.482 e. The van der Waals surface area contributed by atoms with Crippen molar-refractivity contribution in [3.8, 4) is 5.75 Å². The molecule has 0 saturated heterocycles. The molecule has 1 amide bonds. The molecule has 0 saturated carbocycles. The van der Waals surface area contributed by atoms with E-state index < -0.39 is 0 Å². The van der Waals surface area contributed by atoms with Gasteiger partial charge in [0, 0.05) is 5.02 Å². The SMILES string of the molecule is O=C(COc1ccccc1Cl)N/N=C\c1cccc(Cl)c1. The zero-order valence-corrected chi connectivity index (χ0v) is 12.4. The maximum Gasteiger partial charge on any atom is 0.277 e. The molecule has 2 aromatic rings. The second-order valence-electron chi connectivity index (χ2n) is 4.07. The first-order chi connectivity index (χ1) is 10.1. The predicted octanol–water partition coefficient (Wildman–Crippen LogP) is 3.52. The van der Waals surface area contributed by atoms with Gasteiger partial charge in [0.2, 0.25) is 0 Å². The number of para-hydroxylation sites is 1. The van der Waals surface area contributed by atoms with Crippen LogP contribution in [0.5, 0.6) is 5.75 Å². The van der Waals surface area contributed by atoms with Crippen molar-refractivity contribution in [1.82, 2.24) is 5.43 Å². The molecule has 2 aromatic carbocycles. The van der Waals surface area contributed by atoms with Crippen molar-refractivity contribution in [2.75, 3.05) is 6.61 Å². The fourth-order valence-corrected chi connectivity index (χ4v) is 1.89. The number of hydrazone groups is 1. The zero-order chi connectivity index (χ0) is 15.1. The molecule has 0 spiro atoms. The number of halogens is 2. The molecule has 2 rings (SSSR count). The zero-order valence-electron chi connectivity index (χ0n) is 10.9. The maximum absolute atomic E-state index is 11.6. The molecule has 4 nitrogen and oxygen atoms in total. The van der Waals surface area contributed by atoms with Crippen molar-refractivity contribution >= 4 is 35.3 Å². The summed E-state index contributed by atoms with van der Waals surface area (Å²) >= 11 is 11.7. The van der Waals surface area contributed by atoms with E-state index in [2.05, 4.69) is 10.5 Å². The molecule has 0 atom stereocenters. The highest BCUT2D eigenvalue weighted by Gasteiger charge is 2.04. The highest BCUT2D eigenvalue weighted by molar-refractivity contribution is 6.32. The third-order valence-electron chi connectivity index (χ3n) is 2.45. The molecule has 21 heavy (non-hydrogen) atoms. The van der Waals surface area contributed by atoms with Crippen LogP contribution in [0.3, 0.4) is 0 Å². The number of carbonyl (C=O) groups is 1. The van der Waals surface area contributed by atoms with Gasteiger partial charge in [-0.25, -0.2) is 5.43 Å². The van der Waals surface area contributed by atoms with Gasteiger partial charge in [-0.3, -0.25) is 4.79 Å². The summed E-state index contributed by atoms with van der Waals surface area (Å²) in [7, 11) is 0. The first-order valence-electron chi connectivity index (χ1n) is 6.10. The standard InChI is InChI=1S/C15H12Cl2N2O2/c16-12-5-3-4-11(8-12)9-18-19-15(20)10-21-14-7-2-1-6-13(14)17/h1-9H,10H2,(H,19,20)/b18-9-. The van der Waals surface area contributed by atoms with Crippen LogP contribution in [-0.2, 0) is 4.79 Å². The number of rotatable bonds is 5. The fourth-order valence-electron chi connectivity index (χ4n) is 1.50. The topological polar surface area (TPSA) is 50.7 Å². The van der Waals surface area contributed by atoms with Crippen LogP contribution in [-0.4, -0.2) is 18.7 Å². The van der Waals surface area contributed by atoms with Crippen LogP contribution in [0.2, 0.25) is 10.0 Å². The van der Waals surface area contributed by atoms with E-state index in [1.165, 1.54) is 6.21 Å². The van der Waals surface area contributed by atoms with E-state index in [0.29, 0.717) is 15.8 Å². The van der Waals surface area contributed by atoms with Gasteiger partial charge in [0.25, 0.3) is 5.91 Å². The van der Waals surface area contributed by atoms with Gasteiger partial charge in [-0.1, -0.05) is 47.5 Å². The van der Waals surface area contributed by atoms with E-state index in [9.17, 15) is 4.79 Å². The van der Waals surface area contributed by atoms with Gasteiger partial charge in [0.15, 0.2) is 6.61 Å². The van der Waals surface area contributed by atoms with E-state index in [0.717, 1.165) is 5.56 Å². The van der Waals surface area contributed by atoms with E-state index in [4.69, 9.17) is 27.9 Å². The highest BCUT2D eigenvalue weighted by atomic mass is 35.5. The summed E-state index contributed by atoms with van der Waals surface area (Å²) in [4.78, 5) is 11.6. The molecule has 1 N–H and O–H groups in total. The molecule has 0 bridgehead atoms. The van der Waals surface area contributed by atoms with Crippen molar-refractivity contribution in [2.45, 2.75) is 0 Å². The minimum atomic E-state index is -0.381. The van der Waals surface area contributed by atoms with Gasteiger partial charge in [-0.2, -0.15) is 5.10 Å². The molecular weight excluding hydrogens is 311 g/mol. The summed E-state index contributed by atoms with van der Waals surface area (Å²) in [6, 6.07) is 14.0. The Kier molecular flexibility index (Phi) is 5.60. The number of carbonyl (C=O) groups excluding carboxylic acids is 1. The average molecular weight is 323 g/mol. The van der Waals surface area contributed by atoms with Crippen molar-refractivity contribution < 1.29 is 9.53 Å². The molecule has 0 unspecified atom stereocenters. The first kappa shape index (κ1) is 15.4. The number of hydrogen-bond donors (Lipinski definition) is 1. The minimum absolute atomic E-state index is 0.170. The molecule has 0 radical (unpaired) electrons. The summed E-state index contributed by atoms with van der Waals surface area (Å²) in [6.07, 6.45) is 1.50. The Labute approximate surface area is 132 Å². The summed E-state index contributed by atoms with van der Waals surface area (Å²) in [5.74, 6) is 0.0707. The van der Waals surface area contributed by atoms with Crippen LogP contribution in [0.15, 0.2) is 53.6 Å². The summed E-state index contributed by atoms with van der Waals surface area (Å²) in [5.41, 5.74) is 3.15. The monoisotopic (exact) mass is 322 g/mol. The molecule has 0 heterocycles. The van der Waals surface area contributed by atoms with Gasteiger partial charge < -0.3 is 4.74 Å². The highest BCUT2D eigenvalue weighted by Crippen LogP contribution is 2.22. The van der Waals surface area contributed by atoms with Gasteiger partial charge in [-0.05, 0) is 29.8 Å². The van der Waals surface area contributed by atoms with Crippen LogP contribution >= 0.6 is 23.2 Å². The lowest BCUT2D eigenvalue weighted by molar-refractivity contribution is -0.123. The Morgan fingerprint density at radius 1 is 1.19 bits per heavy atom. The third-order valence-corrected chi connectivity index (χ3v) is 2.99. The third kappa shape index (κ3) is 5.10. The van der Waals surface area contributed by atoms with Gasteiger partial charge in [-0.15, -0.1) is 0 Å². The molecule has 108 valence electrons. The van der Waals surface area contributed by atoms with E-state index in [1.807, 2.05) is 6.07 Å². The number of nitrogens with zero attached hydrogens (tertiary/aromatic N) is 1. The molecule has 0 aliphatic heterocycles. The Morgan fingerprint density at radius 2 is 2.00 bits per heavy atom. The predicted molar refractivity (Wildman–Crippen MR) is 84.1 cm³/mol. The lowest BCUT2D eigenvalue weighted by Crippen LogP contribution is -2.24. The average Bonchev–Trinajstić information content (AvgIpc) is 2.46. The number of ether oxygens (including phenoxy) is 1. The maximum atomic E-state index is 11.6. The van der Waals surface area contributed by atoms with Crippen LogP contribution in [0.4, 0.5) is 0 Å². The molecule has 0 aliphatic rings. The van der Waals surface area contributed by atoms with Crippen molar-refractivity contribution in [3.63, 3.8) is 0 Å². The quantitative estimate of drug-likeness (QED) is 0.676. The minimum Gasteiger partial charge on any atom is -0.482 e. The molecule has 0 aliphatic carbocycles. The van der Waals surface area contributed by atoms with Crippen LogP contribution in [0, 0.1) is 0 Å². The Morgan fingerprint density at radius 3 is 2.76 bits per heavy atom. The lowest BCUT2D eigenvalue weighted by atomic mass is 10.2. The normalized spacial score (nSPS) is 10.6. The van der Waals surface area contributed by atoms with Crippen molar-refractivity contribution in [1.29, 1.82) is 0 Å². The summed E-state index contributed by atoms with van der Waals surface area (Å²) in [6.45, 7) is -0.170. The first-order valence-corrected chi connectivity index (χ1v) is 6.85. The Hall–Kier alpha value is -2.04. The molecular formula is C15H12Cl2N2O2. The van der Waals surface area contributed by atoms with Gasteiger partial charge >= 0.3 is 0 Å². The van der Waals surface area contributed by atoms with Crippen molar-refractivity contribution in [2.24, 2.45) is 5.10 Å². The number of benzene rings is 2. The second-order valence-corrected chi connectivity index (χ2v) is 4.91. The van der Waals surface area contributed by atoms with Crippen LogP contribution in [0.25, 0.3) is 0 Å². The fraction of sp³-hybridized carbons (Fsp3) is 0.0667. The van der Waals surface area contributed by atoms with Gasteiger partial charge in [0.1, 0.15) is 5.75 Å². The molecule has 0 fully saturated rings. The van der Waals surface area contributed by atoms with Crippen LogP contribution in [0.1, 0.15) is 5.56 Å². The Bertz CT molecular complexity index is 660. The van der Waals surface area contributed by atoms with Crippen LogP contribution < -0.4 is 10.2 Å². The summed E-state index contributed by atoms with van der Waals surface area (Å²) < 4.78 is 5.28. The molecule has 6 heteroatoms. The van der Waals surface area contributed by atoms with E-state index >= 15 is 0 Å². The number of amides is 1. The summed E-state index contributed by atoms with van der Waals surface area (Å²) in [5, 5.41) is 4.88. The second kappa shape index (κ2) is 7.67. The van der Waals surface area contributed by atoms with Gasteiger partial charge in [0.05, 0.1) is 11.2 Å². The number of hydrogen-bond acceptors (Lipinski definition) is 3.